The topological polar surface area (TPSA) is 77.7 Å². The number of rotatable bonds is 10. The molecular formula is C18H25N3O4S. The van der Waals surface area contributed by atoms with Gasteiger partial charge in [-0.15, -0.1) is 11.8 Å². The Balaban J connectivity index is 2.16. The molecule has 0 bridgehead atoms. The van der Waals surface area contributed by atoms with Crippen LogP contribution >= 0.6 is 11.8 Å². The van der Waals surface area contributed by atoms with Gasteiger partial charge in [0.25, 0.3) is 5.91 Å². The lowest BCUT2D eigenvalue weighted by Gasteiger charge is -2.23. The third kappa shape index (κ3) is 5.30. The molecule has 0 aliphatic heterocycles. The Kier molecular flexibility index (Phi) is 8.08. The number of amides is 1. The smallest absolute Gasteiger partial charge is 0.256 e. The molecule has 0 spiro atoms. The van der Waals surface area contributed by atoms with Gasteiger partial charge in [-0.2, -0.15) is 0 Å². The Morgan fingerprint density at radius 2 is 1.92 bits per heavy atom. The summed E-state index contributed by atoms with van der Waals surface area (Å²) in [5.41, 5.74) is 2.48. The number of thioether (sulfide) groups is 1. The maximum Gasteiger partial charge on any atom is 0.256 e. The molecule has 26 heavy (non-hydrogen) atoms. The van der Waals surface area contributed by atoms with E-state index in [1.807, 2.05) is 13.8 Å². The Morgan fingerprint density at radius 3 is 2.50 bits per heavy atom. The number of aryl methyl sites for hydroxylation is 2. The van der Waals surface area contributed by atoms with E-state index in [4.69, 9.17) is 14.0 Å². The summed E-state index contributed by atoms with van der Waals surface area (Å²) in [6.45, 7) is 5.74. The van der Waals surface area contributed by atoms with Crippen LogP contribution in [0.25, 0.3) is 0 Å². The van der Waals surface area contributed by atoms with Gasteiger partial charge in [0.05, 0.1) is 24.5 Å². The number of carbonyl (C=O) groups excluding carboxylic acids is 1. The quantitative estimate of drug-likeness (QED) is 0.587. The van der Waals surface area contributed by atoms with Gasteiger partial charge in [0.2, 0.25) is 0 Å². The number of ether oxygens (including phenoxy) is 2. The van der Waals surface area contributed by atoms with Gasteiger partial charge >= 0.3 is 0 Å². The summed E-state index contributed by atoms with van der Waals surface area (Å²) < 4.78 is 15.4. The van der Waals surface area contributed by atoms with Crippen LogP contribution in [0.1, 0.15) is 27.4 Å². The van der Waals surface area contributed by atoms with Crippen molar-refractivity contribution >= 4 is 17.7 Å². The van der Waals surface area contributed by atoms with Gasteiger partial charge < -0.3 is 18.9 Å². The summed E-state index contributed by atoms with van der Waals surface area (Å²) >= 11 is 1.51. The first-order chi connectivity index (χ1) is 12.6. The molecule has 142 valence electrons. The van der Waals surface area contributed by atoms with Crippen molar-refractivity contribution in [1.82, 2.24) is 15.0 Å². The minimum atomic E-state index is -0.0755. The zero-order valence-electron chi connectivity index (χ0n) is 15.7. The van der Waals surface area contributed by atoms with E-state index in [0.29, 0.717) is 42.6 Å². The first kappa shape index (κ1) is 20.4. The summed E-state index contributed by atoms with van der Waals surface area (Å²) in [5.74, 6) is 1.36. The number of pyridine rings is 1. The first-order valence-corrected chi connectivity index (χ1v) is 9.33. The van der Waals surface area contributed by atoms with Crippen LogP contribution in [0.15, 0.2) is 27.9 Å². The van der Waals surface area contributed by atoms with Gasteiger partial charge in [-0.05, 0) is 26.0 Å². The van der Waals surface area contributed by atoms with Crippen molar-refractivity contribution in [2.45, 2.75) is 24.6 Å². The second-order valence-corrected chi connectivity index (χ2v) is 6.69. The monoisotopic (exact) mass is 379 g/mol. The molecule has 0 saturated heterocycles. The zero-order valence-corrected chi connectivity index (χ0v) is 16.5. The fraction of sp³-hybridized carbons (Fsp3) is 0.500. The fourth-order valence-electron chi connectivity index (χ4n) is 2.41. The third-order valence-electron chi connectivity index (χ3n) is 3.95. The van der Waals surface area contributed by atoms with E-state index in [1.54, 1.807) is 37.4 Å². The molecule has 0 saturated carbocycles. The molecule has 0 N–H and O–H groups in total. The molecular weight excluding hydrogens is 354 g/mol. The predicted molar refractivity (Wildman–Crippen MR) is 99.4 cm³/mol. The van der Waals surface area contributed by atoms with E-state index < -0.39 is 0 Å². The Bertz CT molecular complexity index is 693. The van der Waals surface area contributed by atoms with Crippen LogP contribution in [0.2, 0.25) is 0 Å². The molecule has 2 aromatic rings. The van der Waals surface area contributed by atoms with Crippen molar-refractivity contribution in [3.63, 3.8) is 0 Å². The molecule has 0 fully saturated rings. The van der Waals surface area contributed by atoms with Gasteiger partial charge in [-0.1, -0.05) is 5.16 Å². The van der Waals surface area contributed by atoms with E-state index >= 15 is 0 Å². The number of nitrogens with zero attached hydrogens (tertiary/aromatic N) is 3. The van der Waals surface area contributed by atoms with Crippen molar-refractivity contribution in [2.24, 2.45) is 0 Å². The molecule has 7 nitrogen and oxygen atoms in total. The van der Waals surface area contributed by atoms with E-state index in [-0.39, 0.29) is 5.91 Å². The summed E-state index contributed by atoms with van der Waals surface area (Å²) in [6, 6.07) is 3.58. The number of aromatic nitrogens is 2. The minimum Gasteiger partial charge on any atom is -0.383 e. The third-order valence-corrected chi connectivity index (χ3v) is 4.99. The van der Waals surface area contributed by atoms with Crippen LogP contribution in [0.4, 0.5) is 0 Å². The van der Waals surface area contributed by atoms with Gasteiger partial charge in [0.15, 0.2) is 0 Å². The standard InChI is InChI=1S/C18H25N3O4S/c1-13-16(14(2)25-20-13)12-26-17-15(6-5-7-19-17)18(22)21(8-10-23-3)9-11-24-4/h5-7H,8-12H2,1-4H3. The molecule has 0 radical (unpaired) electrons. The highest BCUT2D eigenvalue weighted by atomic mass is 32.2. The fourth-order valence-corrected chi connectivity index (χ4v) is 3.54. The van der Waals surface area contributed by atoms with Crippen molar-refractivity contribution in [3.05, 3.63) is 40.9 Å². The molecule has 2 heterocycles. The first-order valence-electron chi connectivity index (χ1n) is 8.35. The second kappa shape index (κ2) is 10.3. The molecule has 8 heteroatoms. The van der Waals surface area contributed by atoms with E-state index in [0.717, 1.165) is 17.0 Å². The van der Waals surface area contributed by atoms with Crippen LogP contribution in [-0.2, 0) is 15.2 Å². The lowest BCUT2D eigenvalue weighted by molar-refractivity contribution is 0.0623. The Hall–Kier alpha value is -1.90. The highest BCUT2D eigenvalue weighted by Gasteiger charge is 2.20. The summed E-state index contributed by atoms with van der Waals surface area (Å²) in [4.78, 5) is 19.1. The van der Waals surface area contributed by atoms with Gasteiger partial charge in [-0.3, -0.25) is 4.79 Å². The van der Waals surface area contributed by atoms with Gasteiger partial charge in [0, 0.05) is 44.8 Å². The van der Waals surface area contributed by atoms with E-state index in [9.17, 15) is 4.79 Å². The van der Waals surface area contributed by atoms with Crippen molar-refractivity contribution < 1.29 is 18.8 Å². The molecule has 0 aliphatic rings. The minimum absolute atomic E-state index is 0.0755. The average Bonchev–Trinajstić information content (AvgIpc) is 2.98. The van der Waals surface area contributed by atoms with Gasteiger partial charge in [0.1, 0.15) is 10.8 Å². The maximum absolute atomic E-state index is 13.0. The zero-order chi connectivity index (χ0) is 18.9. The summed E-state index contributed by atoms with van der Waals surface area (Å²) in [7, 11) is 3.24. The number of carbonyl (C=O) groups is 1. The highest BCUT2D eigenvalue weighted by Crippen LogP contribution is 2.27. The molecule has 2 aromatic heterocycles. The highest BCUT2D eigenvalue weighted by molar-refractivity contribution is 7.98. The van der Waals surface area contributed by atoms with Crippen molar-refractivity contribution in [2.75, 3.05) is 40.5 Å². The molecule has 0 aliphatic carbocycles. The van der Waals surface area contributed by atoms with Crippen LogP contribution in [-0.4, -0.2) is 61.5 Å². The van der Waals surface area contributed by atoms with Crippen LogP contribution in [0.5, 0.6) is 0 Å². The molecule has 0 unspecified atom stereocenters. The number of hydrogen-bond donors (Lipinski definition) is 0. The van der Waals surface area contributed by atoms with Crippen LogP contribution < -0.4 is 0 Å². The SMILES string of the molecule is COCCN(CCOC)C(=O)c1cccnc1SCc1c(C)noc1C. The van der Waals surface area contributed by atoms with Crippen LogP contribution in [0.3, 0.4) is 0 Å². The van der Waals surface area contributed by atoms with Crippen molar-refractivity contribution in [1.29, 1.82) is 0 Å². The van der Waals surface area contributed by atoms with Gasteiger partial charge in [-0.25, -0.2) is 4.98 Å². The van der Waals surface area contributed by atoms with Crippen LogP contribution in [0, 0.1) is 13.8 Å². The normalized spacial score (nSPS) is 10.9. The average molecular weight is 379 g/mol. The predicted octanol–water partition coefficient (Wildman–Crippen LogP) is 2.71. The lowest BCUT2D eigenvalue weighted by Crippen LogP contribution is -2.36. The van der Waals surface area contributed by atoms with E-state index in [1.165, 1.54) is 11.8 Å². The molecule has 1 amide bonds. The Labute approximate surface area is 158 Å². The summed E-state index contributed by atoms with van der Waals surface area (Å²) in [6.07, 6.45) is 1.70. The van der Waals surface area contributed by atoms with Crippen molar-refractivity contribution in [3.8, 4) is 0 Å². The number of hydrogen-bond acceptors (Lipinski definition) is 7. The molecule has 0 aromatic carbocycles. The molecule has 0 atom stereocenters. The maximum atomic E-state index is 13.0. The lowest BCUT2D eigenvalue weighted by atomic mass is 10.2. The molecule has 2 rings (SSSR count). The Morgan fingerprint density at radius 1 is 1.23 bits per heavy atom. The largest absolute Gasteiger partial charge is 0.383 e. The second-order valence-electron chi connectivity index (χ2n) is 5.73. The summed E-state index contributed by atoms with van der Waals surface area (Å²) in [5, 5.41) is 4.66. The number of methoxy groups -OCH3 is 2. The van der Waals surface area contributed by atoms with E-state index in [2.05, 4.69) is 10.1 Å².